The van der Waals surface area contributed by atoms with Gasteiger partial charge in [-0.3, -0.25) is 9.59 Å². The molecule has 0 saturated heterocycles. The molecule has 0 bridgehead atoms. The molecule has 208 valence electrons. The maximum atomic E-state index is 13.9. The topological polar surface area (TPSA) is 104 Å². The number of aliphatic hydroxyl groups is 3. The molecule has 0 heterocycles. The van der Waals surface area contributed by atoms with Crippen molar-refractivity contribution in [3.63, 3.8) is 0 Å². The van der Waals surface area contributed by atoms with Gasteiger partial charge in [0.15, 0.2) is 5.78 Å². The van der Waals surface area contributed by atoms with Gasteiger partial charge in [-0.05, 0) is 66.1 Å². The Morgan fingerprint density at radius 2 is 1.73 bits per heavy atom. The van der Waals surface area contributed by atoms with Crippen LogP contribution in [0.15, 0.2) is 24.3 Å². The van der Waals surface area contributed by atoms with Crippen LogP contribution in [-0.4, -0.2) is 51.0 Å². The summed E-state index contributed by atoms with van der Waals surface area (Å²) in [6, 6.07) is 0. The number of ether oxygens (including phenoxy) is 1. The summed E-state index contributed by atoms with van der Waals surface area (Å²) in [5, 5.41) is 35.3. The quantitative estimate of drug-likeness (QED) is 0.368. The fourth-order valence-corrected chi connectivity index (χ4v) is 9.55. The lowest BCUT2D eigenvalue weighted by Gasteiger charge is -2.66. The van der Waals surface area contributed by atoms with Gasteiger partial charge >= 0.3 is 5.97 Å². The molecule has 0 aliphatic heterocycles. The Balaban J connectivity index is 1.68. The number of hydrogen-bond donors (Lipinski definition) is 3. The van der Waals surface area contributed by atoms with E-state index in [1.54, 1.807) is 0 Å². The molecule has 37 heavy (non-hydrogen) atoms. The number of hydrogen-bond acceptors (Lipinski definition) is 6. The van der Waals surface area contributed by atoms with Crippen LogP contribution in [0, 0.1) is 52.3 Å². The second-order valence-electron chi connectivity index (χ2n) is 13.7. The summed E-state index contributed by atoms with van der Waals surface area (Å²) >= 11 is 0. The van der Waals surface area contributed by atoms with Crippen LogP contribution < -0.4 is 0 Å². The summed E-state index contributed by atoms with van der Waals surface area (Å²) in [5.74, 6) is -1.19. The molecule has 0 unspecified atom stereocenters. The Labute approximate surface area is 222 Å². The highest BCUT2D eigenvalue weighted by atomic mass is 16.6. The minimum absolute atomic E-state index is 0.169. The van der Waals surface area contributed by atoms with Crippen LogP contribution in [0.3, 0.4) is 0 Å². The second-order valence-corrected chi connectivity index (χ2v) is 13.7. The van der Waals surface area contributed by atoms with E-state index in [-0.39, 0.29) is 53.6 Å². The number of carbonyl (C=O) groups is 2. The van der Waals surface area contributed by atoms with Gasteiger partial charge in [-0.25, -0.2) is 0 Å². The van der Waals surface area contributed by atoms with E-state index in [4.69, 9.17) is 4.74 Å². The monoisotopic (exact) mass is 516 g/mol. The number of rotatable bonds is 5. The van der Waals surface area contributed by atoms with Crippen molar-refractivity contribution in [3.05, 3.63) is 24.3 Å². The number of ketones is 1. The predicted molar refractivity (Wildman–Crippen MR) is 142 cm³/mol. The van der Waals surface area contributed by atoms with Crippen molar-refractivity contribution in [3.8, 4) is 0 Å². The van der Waals surface area contributed by atoms with Crippen LogP contribution in [0.2, 0.25) is 0 Å². The molecule has 0 aromatic rings. The summed E-state index contributed by atoms with van der Waals surface area (Å²) in [5.41, 5.74) is -1.60. The lowest BCUT2D eigenvalue weighted by Crippen LogP contribution is -2.73. The Kier molecular flexibility index (Phi) is 7.40. The van der Waals surface area contributed by atoms with Crippen molar-refractivity contribution in [2.45, 2.75) is 104 Å². The largest absolute Gasteiger partial charge is 0.460 e. The number of allylic oxidation sites excluding steroid dienone is 3. The Bertz CT molecular complexity index is 971. The van der Waals surface area contributed by atoms with Crippen LogP contribution in [0.4, 0.5) is 0 Å². The van der Waals surface area contributed by atoms with Crippen LogP contribution in [-0.2, 0) is 14.3 Å². The van der Waals surface area contributed by atoms with Gasteiger partial charge in [0.05, 0.1) is 12.2 Å². The van der Waals surface area contributed by atoms with Gasteiger partial charge in [0.1, 0.15) is 11.7 Å². The van der Waals surface area contributed by atoms with E-state index in [1.165, 1.54) is 6.92 Å². The number of Topliss-reactive ketones (excluding diaryl/α,β-unsaturated/α-hetero) is 1. The van der Waals surface area contributed by atoms with Gasteiger partial charge in [0.25, 0.3) is 0 Å². The predicted octanol–water partition coefficient (Wildman–Crippen LogP) is 4.46. The standard InChI is InChI=1S/C31H48O6/c1-16(2)17(3)9-10-18(4)21-11-12-25-29(21,7)15-24(34)28-30(8)14-23(33)27(37-20(6)32)19(5)22(30)13-26(35)31(25,28)36/h9-10,16,18-19,21-25,27-28,33-34,36H,3,11-15H2,1-2,4-8H3/b10-9+/t18-,19+,21-,22+,23+,24+,25-,27-,28-,29-,30+,31+/m1/s1. The van der Waals surface area contributed by atoms with Gasteiger partial charge in [0, 0.05) is 25.2 Å². The third-order valence-electron chi connectivity index (χ3n) is 11.3. The highest BCUT2D eigenvalue weighted by Crippen LogP contribution is 2.69. The van der Waals surface area contributed by atoms with Crippen LogP contribution in [0.1, 0.15) is 80.6 Å². The van der Waals surface area contributed by atoms with Crippen LogP contribution >= 0.6 is 0 Å². The van der Waals surface area contributed by atoms with Gasteiger partial charge < -0.3 is 20.1 Å². The van der Waals surface area contributed by atoms with E-state index in [1.807, 2.05) is 13.8 Å². The maximum absolute atomic E-state index is 13.9. The summed E-state index contributed by atoms with van der Waals surface area (Å²) in [6.45, 7) is 18.0. The molecule has 4 rings (SSSR count). The average Bonchev–Trinajstić information content (AvgIpc) is 3.13. The van der Waals surface area contributed by atoms with Gasteiger partial charge in [-0.15, -0.1) is 0 Å². The number of esters is 1. The highest BCUT2D eigenvalue weighted by Gasteiger charge is 2.73. The first kappa shape index (κ1) is 28.5. The molecule has 4 saturated carbocycles. The van der Waals surface area contributed by atoms with Gasteiger partial charge in [-0.2, -0.15) is 0 Å². The molecule has 4 fully saturated rings. The van der Waals surface area contributed by atoms with Crippen molar-refractivity contribution in [1.82, 2.24) is 0 Å². The molecular formula is C31H48O6. The molecule has 0 aromatic heterocycles. The first-order valence-electron chi connectivity index (χ1n) is 14.2. The zero-order valence-electron chi connectivity index (χ0n) is 23.7. The fourth-order valence-electron chi connectivity index (χ4n) is 9.55. The third-order valence-corrected chi connectivity index (χ3v) is 11.3. The minimum Gasteiger partial charge on any atom is -0.460 e. The Hall–Kier alpha value is -1.50. The molecule has 0 aromatic carbocycles. The number of fused-ring (bicyclic) bond motifs is 5. The molecule has 6 nitrogen and oxygen atoms in total. The van der Waals surface area contributed by atoms with E-state index in [0.29, 0.717) is 12.3 Å². The van der Waals surface area contributed by atoms with Crippen LogP contribution in [0.5, 0.6) is 0 Å². The first-order chi connectivity index (χ1) is 17.1. The van der Waals surface area contributed by atoms with Crippen molar-refractivity contribution in [1.29, 1.82) is 0 Å². The third kappa shape index (κ3) is 4.26. The fraction of sp³-hybridized carbons (Fsp3) is 0.806. The van der Waals surface area contributed by atoms with E-state index >= 15 is 0 Å². The lowest BCUT2D eigenvalue weighted by molar-refractivity contribution is -0.262. The molecule has 12 atom stereocenters. The van der Waals surface area contributed by atoms with E-state index in [0.717, 1.165) is 18.4 Å². The molecule has 6 heteroatoms. The van der Waals surface area contributed by atoms with Crippen molar-refractivity contribution in [2.24, 2.45) is 52.3 Å². The smallest absolute Gasteiger partial charge is 0.303 e. The number of aliphatic hydroxyl groups excluding tert-OH is 2. The molecule has 0 amide bonds. The molecule has 4 aliphatic carbocycles. The van der Waals surface area contributed by atoms with Crippen LogP contribution in [0.25, 0.3) is 0 Å². The van der Waals surface area contributed by atoms with Gasteiger partial charge in [0.2, 0.25) is 0 Å². The normalized spacial score (nSPS) is 48.4. The first-order valence-corrected chi connectivity index (χ1v) is 14.2. The van der Waals surface area contributed by atoms with E-state index < -0.39 is 41.2 Å². The molecule has 4 aliphatic rings. The van der Waals surface area contributed by atoms with Crippen molar-refractivity contribution < 1.29 is 29.6 Å². The lowest BCUT2D eigenvalue weighted by atomic mass is 9.40. The van der Waals surface area contributed by atoms with Gasteiger partial charge in [-0.1, -0.05) is 65.8 Å². The Morgan fingerprint density at radius 3 is 2.32 bits per heavy atom. The van der Waals surface area contributed by atoms with Crippen molar-refractivity contribution >= 4 is 11.8 Å². The minimum atomic E-state index is -1.63. The number of carbonyl (C=O) groups excluding carboxylic acids is 2. The Morgan fingerprint density at radius 1 is 1.11 bits per heavy atom. The zero-order valence-corrected chi connectivity index (χ0v) is 23.7. The summed E-state index contributed by atoms with van der Waals surface area (Å²) in [6.07, 6.45) is 4.44. The molecular weight excluding hydrogens is 468 g/mol. The summed E-state index contributed by atoms with van der Waals surface area (Å²) in [7, 11) is 0. The summed E-state index contributed by atoms with van der Waals surface area (Å²) in [4.78, 5) is 25.7. The second kappa shape index (κ2) is 9.60. The van der Waals surface area contributed by atoms with Crippen molar-refractivity contribution in [2.75, 3.05) is 0 Å². The molecule has 0 radical (unpaired) electrons. The molecule has 0 spiro atoms. The van der Waals surface area contributed by atoms with E-state index in [2.05, 4.69) is 46.4 Å². The SMILES string of the molecule is C=C(/C=C/[C@@H](C)[C@H]1CC[C@@H]2[C@]1(C)C[C@H](O)[C@@H]1[C@@]3(C)C[C@H](O)[C@H](OC(C)=O)[C@@H](C)[C@@H]3CC(=O)[C@@]21O)C(C)C. The highest BCUT2D eigenvalue weighted by molar-refractivity contribution is 5.90. The van der Waals surface area contributed by atoms with E-state index in [9.17, 15) is 24.9 Å². The average molecular weight is 517 g/mol. The maximum Gasteiger partial charge on any atom is 0.303 e. The summed E-state index contributed by atoms with van der Waals surface area (Å²) < 4.78 is 5.48. The molecule has 3 N–H and O–H groups in total. The zero-order chi connectivity index (χ0) is 27.7.